The van der Waals surface area contributed by atoms with E-state index in [4.69, 9.17) is 5.26 Å². The number of hydrogen-bond donors (Lipinski definition) is 1. The lowest BCUT2D eigenvalue weighted by Gasteiger charge is -2.03. The summed E-state index contributed by atoms with van der Waals surface area (Å²) in [5.74, 6) is 0.936. The number of nitrogens with one attached hydrogen (secondary N) is 1. The number of nitrogens with zero attached hydrogens (tertiary/aromatic N) is 2. The van der Waals surface area contributed by atoms with Crippen molar-refractivity contribution in [1.29, 1.82) is 5.26 Å². The highest BCUT2D eigenvalue weighted by Crippen LogP contribution is 2.17. The fourth-order valence-electron chi connectivity index (χ4n) is 2.44. The molecule has 20 heavy (non-hydrogen) atoms. The molecule has 3 nitrogen and oxygen atoms in total. The molecule has 0 bridgehead atoms. The summed E-state index contributed by atoms with van der Waals surface area (Å²) >= 11 is 0. The second kappa shape index (κ2) is 5.18. The van der Waals surface area contributed by atoms with Gasteiger partial charge in [-0.15, -0.1) is 0 Å². The molecule has 0 atom stereocenters. The van der Waals surface area contributed by atoms with Crippen LogP contribution in [0.1, 0.15) is 22.5 Å². The van der Waals surface area contributed by atoms with E-state index in [1.54, 1.807) is 6.07 Å². The summed E-state index contributed by atoms with van der Waals surface area (Å²) in [4.78, 5) is 7.85. The molecular formula is C17H15N3. The van der Waals surface area contributed by atoms with E-state index in [0.717, 1.165) is 29.7 Å². The molecule has 0 amide bonds. The second-order valence-corrected chi connectivity index (χ2v) is 4.92. The fraction of sp³-hybridized carbons (Fsp3) is 0.176. The molecule has 0 aliphatic heterocycles. The zero-order valence-corrected chi connectivity index (χ0v) is 11.4. The maximum atomic E-state index is 9.09. The maximum Gasteiger partial charge on any atom is 0.107 e. The van der Waals surface area contributed by atoms with Crippen LogP contribution in [0.25, 0.3) is 11.0 Å². The predicted molar refractivity (Wildman–Crippen MR) is 79.4 cm³/mol. The van der Waals surface area contributed by atoms with E-state index in [2.05, 4.69) is 47.2 Å². The third-order valence-electron chi connectivity index (χ3n) is 3.57. The Labute approximate surface area is 117 Å². The lowest BCUT2D eigenvalue weighted by atomic mass is 10.0. The van der Waals surface area contributed by atoms with E-state index in [0.29, 0.717) is 5.56 Å². The summed E-state index contributed by atoms with van der Waals surface area (Å²) < 4.78 is 0. The minimum atomic E-state index is 0.626. The molecule has 3 heteroatoms. The summed E-state index contributed by atoms with van der Waals surface area (Å²) in [6.45, 7) is 2.13. The monoisotopic (exact) mass is 261 g/mol. The summed E-state index contributed by atoms with van der Waals surface area (Å²) in [6.07, 6.45) is 1.80. The molecule has 1 heterocycles. The first-order chi connectivity index (χ1) is 9.78. The van der Waals surface area contributed by atoms with E-state index in [1.165, 1.54) is 11.1 Å². The zero-order chi connectivity index (χ0) is 13.9. The van der Waals surface area contributed by atoms with Gasteiger partial charge in [-0.3, -0.25) is 0 Å². The highest BCUT2D eigenvalue weighted by Gasteiger charge is 2.07. The topological polar surface area (TPSA) is 52.5 Å². The van der Waals surface area contributed by atoms with Gasteiger partial charge in [0.2, 0.25) is 0 Å². The summed E-state index contributed by atoms with van der Waals surface area (Å²) in [6, 6.07) is 16.2. The zero-order valence-electron chi connectivity index (χ0n) is 11.4. The molecule has 3 rings (SSSR count). The van der Waals surface area contributed by atoms with Crippen LogP contribution in [0.15, 0.2) is 42.5 Å². The Morgan fingerprint density at radius 3 is 2.75 bits per heavy atom. The largest absolute Gasteiger partial charge is 0.342 e. The van der Waals surface area contributed by atoms with Crippen LogP contribution in [0.3, 0.4) is 0 Å². The molecule has 0 unspecified atom stereocenters. The SMILES string of the molecule is Cc1ccccc1CCc1nc2c(C#N)cccc2[nH]1. The Hall–Kier alpha value is -2.60. The third kappa shape index (κ3) is 2.28. The van der Waals surface area contributed by atoms with Gasteiger partial charge in [-0.2, -0.15) is 5.26 Å². The van der Waals surface area contributed by atoms with Crippen LogP contribution < -0.4 is 0 Å². The average Bonchev–Trinajstić information content (AvgIpc) is 2.89. The van der Waals surface area contributed by atoms with E-state index >= 15 is 0 Å². The van der Waals surface area contributed by atoms with Crippen LogP contribution >= 0.6 is 0 Å². The van der Waals surface area contributed by atoms with Gasteiger partial charge in [0.15, 0.2) is 0 Å². The lowest BCUT2D eigenvalue weighted by molar-refractivity contribution is 0.884. The number of nitriles is 1. The molecule has 2 aromatic carbocycles. The van der Waals surface area contributed by atoms with Crippen LogP contribution in [0.5, 0.6) is 0 Å². The van der Waals surface area contributed by atoms with E-state index < -0.39 is 0 Å². The summed E-state index contributed by atoms with van der Waals surface area (Å²) in [7, 11) is 0. The first-order valence-electron chi connectivity index (χ1n) is 6.70. The highest BCUT2D eigenvalue weighted by molar-refractivity contribution is 5.81. The van der Waals surface area contributed by atoms with Crippen molar-refractivity contribution in [3.8, 4) is 6.07 Å². The fourth-order valence-corrected chi connectivity index (χ4v) is 2.44. The first-order valence-corrected chi connectivity index (χ1v) is 6.70. The van der Waals surface area contributed by atoms with Crippen LogP contribution in [0.2, 0.25) is 0 Å². The number of aromatic nitrogens is 2. The van der Waals surface area contributed by atoms with Gasteiger partial charge >= 0.3 is 0 Å². The molecule has 0 fully saturated rings. The van der Waals surface area contributed by atoms with Crippen molar-refractivity contribution in [2.24, 2.45) is 0 Å². The minimum Gasteiger partial charge on any atom is -0.342 e. The highest BCUT2D eigenvalue weighted by atomic mass is 14.9. The molecule has 0 saturated heterocycles. The second-order valence-electron chi connectivity index (χ2n) is 4.92. The normalized spacial score (nSPS) is 10.6. The van der Waals surface area contributed by atoms with E-state index in [-0.39, 0.29) is 0 Å². The molecule has 0 spiro atoms. The standard InChI is InChI=1S/C17H15N3/c1-12-5-2-3-6-13(12)9-10-16-19-15-8-4-7-14(11-18)17(15)20-16/h2-8H,9-10H2,1H3,(H,19,20). The number of fused-ring (bicyclic) bond motifs is 1. The van der Waals surface area contributed by atoms with Crippen molar-refractivity contribution in [3.05, 3.63) is 65.0 Å². The number of H-pyrrole nitrogens is 1. The van der Waals surface area contributed by atoms with Gasteiger partial charge in [-0.25, -0.2) is 4.98 Å². The quantitative estimate of drug-likeness (QED) is 0.784. The van der Waals surface area contributed by atoms with Crippen LogP contribution in [-0.4, -0.2) is 9.97 Å². The van der Waals surface area contributed by atoms with E-state index in [1.807, 2.05) is 12.1 Å². The minimum absolute atomic E-state index is 0.626. The van der Waals surface area contributed by atoms with Gasteiger partial charge in [0, 0.05) is 6.42 Å². The van der Waals surface area contributed by atoms with Crippen molar-refractivity contribution in [2.75, 3.05) is 0 Å². The molecule has 98 valence electrons. The molecule has 1 aromatic heterocycles. The molecular weight excluding hydrogens is 246 g/mol. The number of aromatic amines is 1. The van der Waals surface area contributed by atoms with Crippen molar-refractivity contribution in [2.45, 2.75) is 19.8 Å². The molecule has 0 aliphatic carbocycles. The van der Waals surface area contributed by atoms with Crippen molar-refractivity contribution in [3.63, 3.8) is 0 Å². The molecule has 0 radical (unpaired) electrons. The molecule has 1 N–H and O–H groups in total. The average molecular weight is 261 g/mol. The predicted octanol–water partition coefficient (Wildman–Crippen LogP) is 3.53. The summed E-state index contributed by atoms with van der Waals surface area (Å²) in [5, 5.41) is 9.09. The smallest absolute Gasteiger partial charge is 0.107 e. The first kappa shape index (κ1) is 12.4. The Morgan fingerprint density at radius 1 is 1.10 bits per heavy atom. The Morgan fingerprint density at radius 2 is 1.95 bits per heavy atom. The number of hydrogen-bond acceptors (Lipinski definition) is 2. The van der Waals surface area contributed by atoms with Crippen molar-refractivity contribution < 1.29 is 0 Å². The number of imidazole rings is 1. The lowest BCUT2D eigenvalue weighted by Crippen LogP contribution is -1.95. The number of para-hydroxylation sites is 1. The van der Waals surface area contributed by atoms with Gasteiger partial charge in [-0.1, -0.05) is 30.3 Å². The number of aryl methyl sites for hydroxylation is 3. The van der Waals surface area contributed by atoms with Crippen molar-refractivity contribution >= 4 is 11.0 Å². The number of benzene rings is 2. The Balaban J connectivity index is 1.86. The van der Waals surface area contributed by atoms with Gasteiger partial charge < -0.3 is 4.98 Å². The van der Waals surface area contributed by atoms with Crippen LogP contribution in [0.4, 0.5) is 0 Å². The molecule has 0 aliphatic rings. The van der Waals surface area contributed by atoms with Gasteiger partial charge in [0.25, 0.3) is 0 Å². The third-order valence-corrected chi connectivity index (χ3v) is 3.57. The number of rotatable bonds is 3. The molecule has 3 aromatic rings. The van der Waals surface area contributed by atoms with Gasteiger partial charge in [-0.05, 0) is 36.6 Å². The Kier molecular flexibility index (Phi) is 3.22. The Bertz CT molecular complexity index is 793. The molecule has 0 saturated carbocycles. The van der Waals surface area contributed by atoms with Crippen molar-refractivity contribution in [1.82, 2.24) is 9.97 Å². The van der Waals surface area contributed by atoms with Gasteiger partial charge in [0.05, 0.1) is 11.1 Å². The maximum absolute atomic E-state index is 9.09. The van der Waals surface area contributed by atoms with Gasteiger partial charge in [0.1, 0.15) is 17.4 Å². The summed E-state index contributed by atoms with van der Waals surface area (Å²) in [5.41, 5.74) is 4.98. The van der Waals surface area contributed by atoms with Crippen LogP contribution in [-0.2, 0) is 12.8 Å². The van der Waals surface area contributed by atoms with Crippen LogP contribution in [0, 0.1) is 18.3 Å². The van der Waals surface area contributed by atoms with E-state index in [9.17, 15) is 0 Å².